The number of benzene rings is 2. The normalized spacial score (nSPS) is 18.7. The Kier molecular flexibility index (Phi) is 11.1. The zero-order chi connectivity index (χ0) is 36.5. The number of alkyl halides is 9. The molecule has 0 amide bonds. The first-order valence-electron chi connectivity index (χ1n) is 16.1. The van der Waals surface area contributed by atoms with Crippen LogP contribution in [-0.2, 0) is 43.4 Å². The molecule has 2 aliphatic rings. The van der Waals surface area contributed by atoms with E-state index in [4.69, 9.17) is 4.74 Å². The number of nitrogens with zero attached hydrogens (tertiary/aromatic N) is 7. The molecule has 1 N–H and O–H groups in total. The predicted octanol–water partition coefficient (Wildman–Crippen LogP) is 6.08. The van der Waals surface area contributed by atoms with Crippen LogP contribution in [0.4, 0.5) is 45.5 Å². The van der Waals surface area contributed by atoms with Gasteiger partial charge in [-0.25, -0.2) is 0 Å². The molecule has 50 heavy (non-hydrogen) atoms. The summed E-state index contributed by atoms with van der Waals surface area (Å²) in [6, 6.07) is 3.96. The highest BCUT2D eigenvalue weighted by atomic mass is 19.4. The molecule has 0 saturated carbocycles. The van der Waals surface area contributed by atoms with Gasteiger partial charge in [0.15, 0.2) is 0 Å². The van der Waals surface area contributed by atoms with Crippen molar-refractivity contribution in [3.8, 4) is 0 Å². The highest BCUT2D eigenvalue weighted by molar-refractivity contribution is 5.42. The van der Waals surface area contributed by atoms with Gasteiger partial charge in [-0.1, -0.05) is 18.1 Å². The number of aromatic nitrogens is 4. The summed E-state index contributed by atoms with van der Waals surface area (Å²) in [5.74, 6) is -0.207. The zero-order valence-corrected chi connectivity index (χ0v) is 27.4. The van der Waals surface area contributed by atoms with Crippen molar-refractivity contribution >= 4 is 5.95 Å². The lowest BCUT2D eigenvalue weighted by Crippen LogP contribution is -2.53. The van der Waals surface area contributed by atoms with Gasteiger partial charge in [-0.05, 0) is 71.5 Å². The largest absolute Gasteiger partial charge is 0.416 e. The van der Waals surface area contributed by atoms with E-state index in [1.807, 2.05) is 6.92 Å². The molecule has 276 valence electrons. The number of piperidine rings is 1. The van der Waals surface area contributed by atoms with Crippen LogP contribution in [0.5, 0.6) is 0 Å². The van der Waals surface area contributed by atoms with Gasteiger partial charge >= 0.3 is 18.5 Å². The minimum Gasteiger partial charge on any atom is -0.388 e. The maximum atomic E-state index is 14.0. The van der Waals surface area contributed by atoms with Gasteiger partial charge in [0.05, 0.1) is 42.6 Å². The third-order valence-corrected chi connectivity index (χ3v) is 9.17. The van der Waals surface area contributed by atoms with Crippen molar-refractivity contribution in [2.75, 3.05) is 50.8 Å². The van der Waals surface area contributed by atoms with Crippen LogP contribution < -0.4 is 4.90 Å². The Labute approximate surface area is 282 Å². The molecular formula is C32H38F9N7O2. The second-order valence-electron chi connectivity index (χ2n) is 12.8. The Hall–Kier alpha value is -3.48. The fourth-order valence-electron chi connectivity index (χ4n) is 6.64. The summed E-state index contributed by atoms with van der Waals surface area (Å²) in [6.45, 7) is 4.78. The van der Waals surface area contributed by atoms with Crippen molar-refractivity contribution in [1.82, 2.24) is 30.0 Å². The van der Waals surface area contributed by atoms with Gasteiger partial charge in [-0.2, -0.15) is 44.3 Å². The number of anilines is 1. The molecule has 3 aromatic rings. The Morgan fingerprint density at radius 3 is 1.96 bits per heavy atom. The van der Waals surface area contributed by atoms with Crippen LogP contribution in [0.3, 0.4) is 0 Å². The Morgan fingerprint density at radius 2 is 1.44 bits per heavy atom. The first kappa shape index (κ1) is 37.8. The van der Waals surface area contributed by atoms with Crippen LogP contribution in [-0.4, -0.2) is 86.7 Å². The van der Waals surface area contributed by atoms with Crippen LogP contribution in [0.15, 0.2) is 36.4 Å². The average molecular weight is 724 g/mol. The zero-order valence-electron chi connectivity index (χ0n) is 27.4. The number of likely N-dealkylation sites (tertiary alicyclic amines) is 1. The molecule has 2 aromatic carbocycles. The van der Waals surface area contributed by atoms with Crippen molar-refractivity contribution in [3.05, 3.63) is 69.8 Å². The van der Waals surface area contributed by atoms with E-state index in [1.54, 1.807) is 0 Å². The summed E-state index contributed by atoms with van der Waals surface area (Å²) < 4.78 is 129. The number of halogens is 9. The lowest BCUT2D eigenvalue weighted by molar-refractivity contribution is -0.143. The molecule has 0 spiro atoms. The molecule has 2 saturated heterocycles. The van der Waals surface area contributed by atoms with E-state index in [0.717, 1.165) is 16.9 Å². The summed E-state index contributed by atoms with van der Waals surface area (Å²) >= 11 is 0. The number of aryl methyl sites for hydroxylation is 1. The third kappa shape index (κ3) is 9.24. The summed E-state index contributed by atoms with van der Waals surface area (Å²) in [6.07, 6.45) is -13.6. The van der Waals surface area contributed by atoms with E-state index < -0.39 is 65.5 Å². The molecule has 0 aliphatic carbocycles. The highest BCUT2D eigenvalue weighted by Crippen LogP contribution is 2.39. The lowest BCUT2D eigenvalue weighted by atomic mass is 9.87. The Balaban J connectivity index is 1.48. The van der Waals surface area contributed by atoms with Gasteiger partial charge in [0.25, 0.3) is 5.95 Å². The van der Waals surface area contributed by atoms with Crippen molar-refractivity contribution < 1.29 is 49.4 Å². The minimum absolute atomic E-state index is 0.00576. The SMILES string of the molecule is CCC(c1ccc(C(F)(F)F)cc1CN(Cc1cc(C(F)(F)F)cc(C(F)(F)F)c1)c1nnn(C)n1)N1CCC(O)(CN2CCOCC2)CC1. The maximum Gasteiger partial charge on any atom is 0.416 e. The monoisotopic (exact) mass is 723 g/mol. The van der Waals surface area contributed by atoms with Crippen LogP contribution in [0.1, 0.15) is 65.6 Å². The van der Waals surface area contributed by atoms with Gasteiger partial charge in [0.1, 0.15) is 0 Å². The van der Waals surface area contributed by atoms with Crippen molar-refractivity contribution in [2.45, 2.75) is 69.4 Å². The van der Waals surface area contributed by atoms with E-state index in [0.29, 0.717) is 82.9 Å². The highest BCUT2D eigenvalue weighted by Gasteiger charge is 2.39. The molecule has 2 aliphatic heterocycles. The van der Waals surface area contributed by atoms with E-state index in [9.17, 15) is 44.6 Å². The van der Waals surface area contributed by atoms with E-state index in [-0.39, 0.29) is 17.6 Å². The third-order valence-electron chi connectivity index (χ3n) is 9.17. The van der Waals surface area contributed by atoms with Crippen LogP contribution in [0, 0.1) is 0 Å². The van der Waals surface area contributed by atoms with Crippen LogP contribution in [0.2, 0.25) is 0 Å². The van der Waals surface area contributed by atoms with E-state index in [1.165, 1.54) is 18.0 Å². The number of ether oxygens (including phenoxy) is 1. The predicted molar refractivity (Wildman–Crippen MR) is 163 cm³/mol. The second kappa shape index (κ2) is 14.6. The second-order valence-corrected chi connectivity index (χ2v) is 12.8. The fraction of sp³-hybridized carbons (Fsp3) is 0.594. The quantitative estimate of drug-likeness (QED) is 0.252. The first-order valence-corrected chi connectivity index (χ1v) is 16.1. The minimum atomic E-state index is -5.10. The summed E-state index contributed by atoms with van der Waals surface area (Å²) in [4.78, 5) is 6.43. The summed E-state index contributed by atoms with van der Waals surface area (Å²) in [5.41, 5.74) is -4.77. The van der Waals surface area contributed by atoms with E-state index >= 15 is 0 Å². The number of β-amino-alcohol motifs (C(OH)–C–C–N with tert-alkyl or cyclic N) is 1. The molecular weight excluding hydrogens is 685 g/mol. The van der Waals surface area contributed by atoms with Crippen molar-refractivity contribution in [1.29, 1.82) is 0 Å². The standard InChI is InChI=1S/C32H38F9N7O2/c1-3-27(47-8-6-29(49,7-9-47)20-46-10-12-50-13-11-46)26-5-4-23(30(33,34)35)16-22(26)19-48(28-42-44-45(2)43-28)18-21-14-24(31(36,37)38)17-25(15-21)32(39,40)41/h4-5,14-17,27,49H,3,6-13,18-20H2,1-2H3. The molecule has 2 fully saturated rings. The summed E-state index contributed by atoms with van der Waals surface area (Å²) in [7, 11) is 1.39. The molecule has 9 nitrogen and oxygen atoms in total. The van der Waals surface area contributed by atoms with E-state index in [2.05, 4.69) is 25.2 Å². The van der Waals surface area contributed by atoms with Gasteiger partial charge in [0.2, 0.25) is 0 Å². The number of hydrogen-bond donors (Lipinski definition) is 1. The fourth-order valence-corrected chi connectivity index (χ4v) is 6.64. The smallest absolute Gasteiger partial charge is 0.388 e. The maximum absolute atomic E-state index is 14.0. The Bertz CT molecular complexity index is 1560. The van der Waals surface area contributed by atoms with Gasteiger partial charge < -0.3 is 14.7 Å². The van der Waals surface area contributed by atoms with Crippen molar-refractivity contribution in [3.63, 3.8) is 0 Å². The van der Waals surface area contributed by atoms with Crippen LogP contribution >= 0.6 is 0 Å². The molecule has 0 bridgehead atoms. The number of morpholine rings is 1. The lowest BCUT2D eigenvalue weighted by Gasteiger charge is -2.44. The Morgan fingerprint density at radius 1 is 0.840 bits per heavy atom. The number of rotatable bonds is 10. The van der Waals surface area contributed by atoms with Gasteiger partial charge in [0, 0.05) is 51.9 Å². The molecule has 5 rings (SSSR count). The average Bonchev–Trinajstić information content (AvgIpc) is 3.47. The number of tetrazole rings is 1. The molecule has 18 heteroatoms. The molecule has 0 radical (unpaired) electrons. The first-order chi connectivity index (χ1) is 23.3. The molecule has 1 unspecified atom stereocenters. The molecule has 1 aromatic heterocycles. The topological polar surface area (TPSA) is 82.8 Å². The number of hydrogen-bond acceptors (Lipinski definition) is 8. The number of aliphatic hydroxyl groups is 1. The van der Waals surface area contributed by atoms with Gasteiger partial charge in [-0.15, -0.1) is 5.10 Å². The van der Waals surface area contributed by atoms with Gasteiger partial charge in [-0.3, -0.25) is 9.80 Å². The summed E-state index contributed by atoms with van der Waals surface area (Å²) in [5, 5.41) is 23.0. The molecule has 3 heterocycles. The van der Waals surface area contributed by atoms with Crippen LogP contribution in [0.25, 0.3) is 0 Å². The molecule has 1 atom stereocenters. The van der Waals surface area contributed by atoms with Crippen molar-refractivity contribution in [2.24, 2.45) is 7.05 Å².